The summed E-state index contributed by atoms with van der Waals surface area (Å²) in [4.78, 5) is 11.9. The van der Waals surface area contributed by atoms with Crippen molar-refractivity contribution in [2.45, 2.75) is 38.6 Å². The molecule has 3 N–H and O–H groups in total. The molecular weight excluding hydrogens is 292 g/mol. The molecule has 1 amide bonds. The number of aliphatic hydroxyl groups is 1. The molecule has 1 aromatic rings. The lowest BCUT2D eigenvalue weighted by Gasteiger charge is -2.17. The van der Waals surface area contributed by atoms with E-state index in [0.717, 1.165) is 5.56 Å². The Hall–Kier alpha value is -1.44. The largest absolute Gasteiger partial charge is 0.395 e. The van der Waals surface area contributed by atoms with Crippen molar-refractivity contribution < 1.29 is 18.3 Å². The van der Waals surface area contributed by atoms with Crippen LogP contribution in [0.25, 0.3) is 0 Å². The van der Waals surface area contributed by atoms with Gasteiger partial charge >= 0.3 is 0 Å². The summed E-state index contributed by atoms with van der Waals surface area (Å²) in [7, 11) is -3.78. The van der Waals surface area contributed by atoms with E-state index in [1.807, 2.05) is 6.92 Å². The summed E-state index contributed by atoms with van der Waals surface area (Å²) in [6.07, 6.45) is 0. The maximum Gasteiger partial charge on any atom is 0.241 e. The molecule has 1 unspecified atom stereocenters. The summed E-state index contributed by atoms with van der Waals surface area (Å²) in [5, 5.41) is 11.1. The lowest BCUT2D eigenvalue weighted by atomic mass is 10.1. The Morgan fingerprint density at radius 1 is 1.24 bits per heavy atom. The van der Waals surface area contributed by atoms with E-state index in [1.54, 1.807) is 26.0 Å². The number of sulfonamides is 1. The smallest absolute Gasteiger partial charge is 0.241 e. The fourth-order valence-electron chi connectivity index (χ4n) is 2.27. The van der Waals surface area contributed by atoms with Crippen LogP contribution >= 0.6 is 0 Å². The number of aryl methyl sites for hydroxylation is 3. The molecular formula is C14H22N2O4S. The van der Waals surface area contributed by atoms with Gasteiger partial charge in [-0.05, 0) is 38.8 Å². The van der Waals surface area contributed by atoms with Crippen LogP contribution in [0.2, 0.25) is 0 Å². The standard InChI is InChI=1S/C14H22N2O4S/c1-9-7-10(2)13(11(3)8-9)21(19,20)16-12(4)14(18)15-5-6-17/h7-8,12,16-17H,5-6H2,1-4H3,(H,15,18). The van der Waals surface area contributed by atoms with Crippen LogP contribution in [0, 0.1) is 20.8 Å². The fraction of sp³-hybridized carbons (Fsp3) is 0.500. The highest BCUT2D eigenvalue weighted by Crippen LogP contribution is 2.21. The van der Waals surface area contributed by atoms with Crippen molar-refractivity contribution >= 4 is 15.9 Å². The summed E-state index contributed by atoms with van der Waals surface area (Å²) in [6.45, 7) is 6.71. The quantitative estimate of drug-likeness (QED) is 0.708. The molecule has 1 rings (SSSR count). The molecule has 1 aromatic carbocycles. The summed E-state index contributed by atoms with van der Waals surface area (Å²) in [5.74, 6) is -0.477. The SMILES string of the molecule is Cc1cc(C)c(S(=O)(=O)NC(C)C(=O)NCCO)c(C)c1. The third kappa shape index (κ3) is 4.52. The predicted molar refractivity (Wildman–Crippen MR) is 80.5 cm³/mol. The van der Waals surface area contributed by atoms with Gasteiger partial charge in [-0.1, -0.05) is 17.7 Å². The van der Waals surface area contributed by atoms with Crippen molar-refractivity contribution in [3.8, 4) is 0 Å². The van der Waals surface area contributed by atoms with E-state index in [2.05, 4.69) is 10.0 Å². The van der Waals surface area contributed by atoms with Crippen LogP contribution in [0.3, 0.4) is 0 Å². The topological polar surface area (TPSA) is 95.5 Å². The third-order valence-corrected chi connectivity index (χ3v) is 4.85. The molecule has 0 fully saturated rings. The Bertz CT molecular complexity index is 603. The second kappa shape index (κ2) is 7.02. The first kappa shape index (κ1) is 17.6. The molecule has 0 saturated heterocycles. The van der Waals surface area contributed by atoms with Gasteiger partial charge in [0.1, 0.15) is 0 Å². The number of rotatable bonds is 6. The number of benzene rings is 1. The van der Waals surface area contributed by atoms with E-state index in [1.165, 1.54) is 6.92 Å². The first-order valence-corrected chi connectivity index (χ1v) is 8.16. The van der Waals surface area contributed by atoms with Crippen molar-refractivity contribution in [1.82, 2.24) is 10.0 Å². The Balaban J connectivity index is 3.00. The van der Waals surface area contributed by atoms with Crippen molar-refractivity contribution in [2.24, 2.45) is 0 Å². The minimum Gasteiger partial charge on any atom is -0.395 e. The summed E-state index contributed by atoms with van der Waals surface area (Å²) in [5.41, 5.74) is 2.27. The van der Waals surface area contributed by atoms with Gasteiger partial charge in [-0.3, -0.25) is 4.79 Å². The Kier molecular flexibility index (Phi) is 5.88. The van der Waals surface area contributed by atoms with Crippen LogP contribution < -0.4 is 10.0 Å². The molecule has 0 aliphatic carbocycles. The Labute approximate surface area is 125 Å². The molecule has 0 radical (unpaired) electrons. The first-order valence-electron chi connectivity index (χ1n) is 6.67. The average molecular weight is 314 g/mol. The van der Waals surface area contributed by atoms with Crippen LogP contribution in [-0.2, 0) is 14.8 Å². The number of amides is 1. The van der Waals surface area contributed by atoms with Gasteiger partial charge in [0, 0.05) is 6.54 Å². The van der Waals surface area contributed by atoms with Crippen LogP contribution in [0.4, 0.5) is 0 Å². The fourth-order valence-corrected chi connectivity index (χ4v) is 3.92. The van der Waals surface area contributed by atoms with E-state index >= 15 is 0 Å². The number of carbonyl (C=O) groups excluding carboxylic acids is 1. The van der Waals surface area contributed by atoms with Crippen molar-refractivity contribution in [2.75, 3.05) is 13.2 Å². The number of carbonyl (C=O) groups is 1. The zero-order valence-electron chi connectivity index (χ0n) is 12.7. The van der Waals surface area contributed by atoms with Gasteiger partial charge in [0.25, 0.3) is 0 Å². The second-order valence-electron chi connectivity index (χ2n) is 5.09. The highest BCUT2D eigenvalue weighted by Gasteiger charge is 2.24. The lowest BCUT2D eigenvalue weighted by Crippen LogP contribution is -2.45. The van der Waals surface area contributed by atoms with E-state index in [-0.39, 0.29) is 18.0 Å². The first-order chi connectivity index (χ1) is 9.69. The summed E-state index contributed by atoms with van der Waals surface area (Å²) >= 11 is 0. The van der Waals surface area contributed by atoms with Crippen molar-refractivity contribution in [3.05, 3.63) is 28.8 Å². The average Bonchev–Trinajstić information content (AvgIpc) is 2.33. The van der Waals surface area contributed by atoms with Crippen LogP contribution in [0.1, 0.15) is 23.6 Å². The zero-order chi connectivity index (χ0) is 16.2. The second-order valence-corrected chi connectivity index (χ2v) is 6.74. The van der Waals surface area contributed by atoms with Crippen LogP contribution in [-0.4, -0.2) is 38.6 Å². The molecule has 0 heterocycles. The monoisotopic (exact) mass is 314 g/mol. The van der Waals surface area contributed by atoms with Crippen LogP contribution in [0.15, 0.2) is 17.0 Å². The molecule has 7 heteroatoms. The Morgan fingerprint density at radius 2 is 1.76 bits per heavy atom. The van der Waals surface area contributed by atoms with Gasteiger partial charge in [-0.15, -0.1) is 0 Å². The zero-order valence-corrected chi connectivity index (χ0v) is 13.5. The molecule has 21 heavy (non-hydrogen) atoms. The molecule has 0 bridgehead atoms. The van der Waals surface area contributed by atoms with Crippen molar-refractivity contribution in [3.63, 3.8) is 0 Å². The van der Waals surface area contributed by atoms with Gasteiger partial charge in [-0.25, -0.2) is 8.42 Å². The summed E-state index contributed by atoms with van der Waals surface area (Å²) < 4.78 is 27.2. The highest BCUT2D eigenvalue weighted by atomic mass is 32.2. The molecule has 0 saturated carbocycles. The number of nitrogens with one attached hydrogen (secondary N) is 2. The minimum atomic E-state index is -3.78. The van der Waals surface area contributed by atoms with Crippen molar-refractivity contribution in [1.29, 1.82) is 0 Å². The van der Waals surface area contributed by atoms with E-state index in [9.17, 15) is 13.2 Å². The minimum absolute atomic E-state index is 0.0908. The van der Waals surface area contributed by atoms with Gasteiger partial charge < -0.3 is 10.4 Å². The van der Waals surface area contributed by atoms with Crippen LogP contribution in [0.5, 0.6) is 0 Å². The number of hydrogen-bond acceptors (Lipinski definition) is 4. The van der Waals surface area contributed by atoms with Gasteiger partial charge in [0.15, 0.2) is 0 Å². The van der Waals surface area contributed by atoms with E-state index < -0.39 is 22.0 Å². The molecule has 0 aliphatic heterocycles. The molecule has 0 aromatic heterocycles. The van der Waals surface area contributed by atoms with Gasteiger partial charge in [0.05, 0.1) is 17.5 Å². The number of aliphatic hydroxyl groups excluding tert-OH is 1. The molecule has 6 nitrogen and oxygen atoms in total. The van der Waals surface area contributed by atoms with Gasteiger partial charge in [0.2, 0.25) is 15.9 Å². The maximum atomic E-state index is 12.4. The molecule has 0 spiro atoms. The molecule has 118 valence electrons. The normalized spacial score (nSPS) is 13.0. The van der Waals surface area contributed by atoms with E-state index in [4.69, 9.17) is 5.11 Å². The third-order valence-electron chi connectivity index (χ3n) is 3.01. The molecule has 0 aliphatic rings. The summed E-state index contributed by atoms with van der Waals surface area (Å²) in [6, 6.07) is 2.66. The lowest BCUT2D eigenvalue weighted by molar-refractivity contribution is -0.122. The Morgan fingerprint density at radius 3 is 2.24 bits per heavy atom. The number of hydrogen-bond donors (Lipinski definition) is 3. The molecule has 1 atom stereocenters. The highest BCUT2D eigenvalue weighted by molar-refractivity contribution is 7.89. The van der Waals surface area contributed by atoms with E-state index in [0.29, 0.717) is 11.1 Å². The van der Waals surface area contributed by atoms with Gasteiger partial charge in [-0.2, -0.15) is 4.72 Å². The predicted octanol–water partition coefficient (Wildman–Crippen LogP) is 0.387. The maximum absolute atomic E-state index is 12.4.